The fourth-order valence-electron chi connectivity index (χ4n) is 3.62. The normalized spacial score (nSPS) is 24.7. The monoisotopic (exact) mass is 332 g/mol. The van der Waals surface area contributed by atoms with Crippen LogP contribution >= 0.6 is 0 Å². The summed E-state index contributed by atoms with van der Waals surface area (Å²) in [4.78, 5) is 14.8. The molecular formula is C19H28N2O3. The van der Waals surface area contributed by atoms with Crippen LogP contribution in [0.1, 0.15) is 31.2 Å². The average Bonchev–Trinajstić information content (AvgIpc) is 3.09. The van der Waals surface area contributed by atoms with Crippen molar-refractivity contribution >= 4 is 5.91 Å². The number of rotatable bonds is 6. The lowest BCUT2D eigenvalue weighted by Gasteiger charge is -2.34. The number of hydrogen-bond acceptors (Lipinski definition) is 4. The average molecular weight is 332 g/mol. The Bertz CT molecular complexity index is 526. The van der Waals surface area contributed by atoms with Crippen LogP contribution in [0.4, 0.5) is 0 Å². The summed E-state index contributed by atoms with van der Waals surface area (Å²) in [6.45, 7) is 3.64. The van der Waals surface area contributed by atoms with Crippen molar-refractivity contribution in [1.82, 2.24) is 10.2 Å². The first-order valence-electron chi connectivity index (χ1n) is 9.00. The van der Waals surface area contributed by atoms with E-state index in [0.29, 0.717) is 19.1 Å². The van der Waals surface area contributed by atoms with Gasteiger partial charge < -0.3 is 14.8 Å². The van der Waals surface area contributed by atoms with Crippen molar-refractivity contribution in [3.8, 4) is 5.75 Å². The Labute approximate surface area is 144 Å². The van der Waals surface area contributed by atoms with E-state index in [2.05, 4.69) is 10.2 Å². The highest BCUT2D eigenvalue weighted by molar-refractivity contribution is 5.76. The molecule has 2 aliphatic rings. The molecule has 0 aromatic heterocycles. The van der Waals surface area contributed by atoms with E-state index in [1.807, 2.05) is 24.3 Å². The molecule has 2 atom stereocenters. The molecule has 0 radical (unpaired) electrons. The van der Waals surface area contributed by atoms with Gasteiger partial charge in [-0.2, -0.15) is 0 Å². The van der Waals surface area contributed by atoms with Gasteiger partial charge in [0.1, 0.15) is 5.75 Å². The number of carbonyl (C=O) groups excluding carboxylic acids is 1. The number of aryl methyl sites for hydroxylation is 1. The highest BCUT2D eigenvalue weighted by Crippen LogP contribution is 2.19. The molecule has 5 heteroatoms. The summed E-state index contributed by atoms with van der Waals surface area (Å²) in [5.74, 6) is 0.957. The Morgan fingerprint density at radius 1 is 1.21 bits per heavy atom. The van der Waals surface area contributed by atoms with Gasteiger partial charge in [0, 0.05) is 6.42 Å². The maximum atomic E-state index is 12.3. The van der Waals surface area contributed by atoms with Crippen LogP contribution in [0.3, 0.4) is 0 Å². The summed E-state index contributed by atoms with van der Waals surface area (Å²) in [7, 11) is 1.66. The Morgan fingerprint density at radius 3 is 2.67 bits per heavy atom. The van der Waals surface area contributed by atoms with Crippen LogP contribution in [0.5, 0.6) is 5.75 Å². The molecule has 0 aliphatic carbocycles. The zero-order chi connectivity index (χ0) is 16.8. The zero-order valence-corrected chi connectivity index (χ0v) is 14.5. The summed E-state index contributed by atoms with van der Waals surface area (Å²) < 4.78 is 10.8. The number of nitrogens with zero attached hydrogens (tertiary/aromatic N) is 1. The molecule has 1 amide bonds. The van der Waals surface area contributed by atoms with Crippen molar-refractivity contribution in [1.29, 1.82) is 0 Å². The number of methoxy groups -OCH3 is 1. The van der Waals surface area contributed by atoms with Gasteiger partial charge in [-0.3, -0.25) is 9.69 Å². The summed E-state index contributed by atoms with van der Waals surface area (Å²) in [6.07, 6.45) is 5.10. The number of likely N-dealkylation sites (tertiary alicyclic amines) is 1. The van der Waals surface area contributed by atoms with E-state index in [1.165, 1.54) is 19.3 Å². The maximum absolute atomic E-state index is 12.3. The number of benzene rings is 1. The smallest absolute Gasteiger partial charge is 0.220 e. The quantitative estimate of drug-likeness (QED) is 0.866. The summed E-state index contributed by atoms with van der Waals surface area (Å²) in [5.41, 5.74) is 1.15. The van der Waals surface area contributed by atoms with Crippen LogP contribution < -0.4 is 10.1 Å². The number of carbonyl (C=O) groups is 1. The number of piperidine rings is 1. The Kier molecular flexibility index (Phi) is 6.10. The van der Waals surface area contributed by atoms with Crippen LogP contribution in [0, 0.1) is 0 Å². The molecule has 0 spiro atoms. The molecule has 2 fully saturated rings. The molecular weight excluding hydrogens is 304 g/mol. The molecule has 2 heterocycles. The number of nitrogens with one attached hydrogen (secondary N) is 1. The van der Waals surface area contributed by atoms with Crippen LogP contribution in [0.2, 0.25) is 0 Å². The molecule has 1 N–H and O–H groups in total. The molecule has 0 bridgehead atoms. The van der Waals surface area contributed by atoms with Gasteiger partial charge >= 0.3 is 0 Å². The highest BCUT2D eigenvalue weighted by atomic mass is 16.5. The lowest BCUT2D eigenvalue weighted by Crippen LogP contribution is -2.52. The van der Waals surface area contributed by atoms with Gasteiger partial charge in [0.15, 0.2) is 0 Å². The van der Waals surface area contributed by atoms with E-state index in [-0.39, 0.29) is 11.9 Å². The van der Waals surface area contributed by atoms with Gasteiger partial charge in [-0.25, -0.2) is 0 Å². The molecule has 1 aromatic carbocycles. The fraction of sp³-hybridized carbons (Fsp3) is 0.632. The predicted molar refractivity (Wildman–Crippen MR) is 93.3 cm³/mol. The van der Waals surface area contributed by atoms with Crippen LogP contribution in [0.15, 0.2) is 24.3 Å². The van der Waals surface area contributed by atoms with Gasteiger partial charge in [-0.15, -0.1) is 0 Å². The minimum atomic E-state index is 0.114. The molecule has 2 aliphatic heterocycles. The molecule has 3 rings (SSSR count). The second-order valence-electron chi connectivity index (χ2n) is 6.72. The molecule has 5 nitrogen and oxygen atoms in total. The highest BCUT2D eigenvalue weighted by Gasteiger charge is 2.34. The fourth-order valence-corrected chi connectivity index (χ4v) is 3.62. The first-order valence-corrected chi connectivity index (χ1v) is 9.00. The third-order valence-corrected chi connectivity index (χ3v) is 5.06. The predicted octanol–water partition coefficient (Wildman–Crippen LogP) is 2.00. The molecule has 0 saturated carbocycles. The van der Waals surface area contributed by atoms with Crippen molar-refractivity contribution in [2.75, 3.05) is 33.4 Å². The van der Waals surface area contributed by atoms with Crippen molar-refractivity contribution in [3.63, 3.8) is 0 Å². The summed E-state index contributed by atoms with van der Waals surface area (Å²) in [5, 5.41) is 3.19. The van der Waals surface area contributed by atoms with E-state index in [9.17, 15) is 4.79 Å². The van der Waals surface area contributed by atoms with Crippen molar-refractivity contribution in [2.24, 2.45) is 0 Å². The van der Waals surface area contributed by atoms with Crippen LogP contribution in [-0.4, -0.2) is 56.3 Å². The van der Waals surface area contributed by atoms with Gasteiger partial charge in [-0.1, -0.05) is 18.6 Å². The zero-order valence-electron chi connectivity index (χ0n) is 14.5. The Hall–Kier alpha value is -1.59. The molecule has 1 aromatic rings. The second-order valence-corrected chi connectivity index (χ2v) is 6.72. The first kappa shape index (κ1) is 17.2. The topological polar surface area (TPSA) is 50.8 Å². The van der Waals surface area contributed by atoms with Crippen molar-refractivity contribution < 1.29 is 14.3 Å². The van der Waals surface area contributed by atoms with Crippen molar-refractivity contribution in [3.05, 3.63) is 29.8 Å². The van der Waals surface area contributed by atoms with E-state index in [4.69, 9.17) is 9.47 Å². The van der Waals surface area contributed by atoms with Gasteiger partial charge in [0.25, 0.3) is 0 Å². The van der Waals surface area contributed by atoms with E-state index in [0.717, 1.165) is 37.4 Å². The van der Waals surface area contributed by atoms with Gasteiger partial charge in [0.05, 0.1) is 32.4 Å². The molecule has 0 unspecified atom stereocenters. The van der Waals surface area contributed by atoms with E-state index >= 15 is 0 Å². The van der Waals surface area contributed by atoms with E-state index in [1.54, 1.807) is 7.11 Å². The van der Waals surface area contributed by atoms with Crippen LogP contribution in [-0.2, 0) is 16.0 Å². The van der Waals surface area contributed by atoms with Gasteiger partial charge in [-0.05, 0) is 50.0 Å². The largest absolute Gasteiger partial charge is 0.497 e. The standard InChI is InChI=1S/C19H28N2O3/c1-23-16-8-5-15(6-9-16)7-10-19(22)20-17-13-24-14-18(17)21-11-3-2-4-12-21/h5-6,8-9,17-18H,2-4,7,10-14H2,1H3,(H,20,22)/t17-,18-/m0/s1. The number of ether oxygens (including phenoxy) is 2. The second kappa shape index (κ2) is 8.49. The lowest BCUT2D eigenvalue weighted by molar-refractivity contribution is -0.122. The lowest BCUT2D eigenvalue weighted by atomic mass is 10.0. The van der Waals surface area contributed by atoms with Crippen molar-refractivity contribution in [2.45, 2.75) is 44.2 Å². The first-order chi connectivity index (χ1) is 11.8. The molecule has 2 saturated heterocycles. The third kappa shape index (κ3) is 4.48. The Morgan fingerprint density at radius 2 is 1.96 bits per heavy atom. The Balaban J connectivity index is 1.46. The number of amides is 1. The molecule has 132 valence electrons. The minimum absolute atomic E-state index is 0.114. The van der Waals surface area contributed by atoms with Crippen LogP contribution in [0.25, 0.3) is 0 Å². The molecule has 24 heavy (non-hydrogen) atoms. The van der Waals surface area contributed by atoms with Gasteiger partial charge in [0.2, 0.25) is 5.91 Å². The minimum Gasteiger partial charge on any atom is -0.497 e. The summed E-state index contributed by atoms with van der Waals surface area (Å²) in [6, 6.07) is 8.37. The maximum Gasteiger partial charge on any atom is 0.220 e. The third-order valence-electron chi connectivity index (χ3n) is 5.06. The summed E-state index contributed by atoms with van der Waals surface area (Å²) >= 11 is 0. The van der Waals surface area contributed by atoms with E-state index < -0.39 is 0 Å². The number of hydrogen-bond donors (Lipinski definition) is 1. The SMILES string of the molecule is COc1ccc(CCC(=O)N[C@H]2COC[C@@H]2N2CCCCC2)cc1.